The molecular weight excluding hydrogens is 350 g/mol. The molecule has 0 amide bonds. The molecule has 3 unspecified atom stereocenters. The molecule has 4 aliphatic rings. The van der Waals surface area contributed by atoms with Gasteiger partial charge in [-0.1, -0.05) is 6.42 Å². The van der Waals surface area contributed by atoms with Gasteiger partial charge in [0, 0.05) is 57.5 Å². The number of guanidine groups is 1. The van der Waals surface area contributed by atoms with Gasteiger partial charge in [-0.25, -0.2) is 0 Å². The van der Waals surface area contributed by atoms with Gasteiger partial charge in [-0.2, -0.15) is 0 Å². The van der Waals surface area contributed by atoms with Crippen LogP contribution in [0.1, 0.15) is 45.4 Å². The highest BCUT2D eigenvalue weighted by atomic mass is 16.5. The minimum atomic E-state index is 0.143. The van der Waals surface area contributed by atoms with Crippen molar-refractivity contribution in [2.75, 3.05) is 66.6 Å². The largest absolute Gasteiger partial charge is 0.381 e. The Kier molecular flexibility index (Phi) is 6.48. The quantitative estimate of drug-likeness (QED) is 0.573. The molecule has 0 aromatic heterocycles. The number of rotatable bonds is 5. The molecule has 2 saturated heterocycles. The van der Waals surface area contributed by atoms with Crippen molar-refractivity contribution in [3.63, 3.8) is 0 Å². The fourth-order valence-corrected chi connectivity index (χ4v) is 6.07. The summed E-state index contributed by atoms with van der Waals surface area (Å²) in [6.45, 7) is 10.3. The van der Waals surface area contributed by atoms with E-state index in [0.717, 1.165) is 76.1 Å². The number of aliphatic imine (C=N–C) groups is 1. The maximum atomic E-state index is 5.62. The minimum absolute atomic E-state index is 0.143. The third kappa shape index (κ3) is 4.19. The molecular formula is C22H41N5O. The summed E-state index contributed by atoms with van der Waals surface area (Å²) in [6, 6.07) is 0.875. The molecule has 3 atom stereocenters. The van der Waals surface area contributed by atoms with Crippen LogP contribution in [0.25, 0.3) is 0 Å². The van der Waals surface area contributed by atoms with Crippen molar-refractivity contribution >= 4 is 5.96 Å². The van der Waals surface area contributed by atoms with Crippen LogP contribution >= 0.6 is 0 Å². The zero-order valence-electron chi connectivity index (χ0n) is 18.3. The topological polar surface area (TPSA) is 43.3 Å². The average Bonchev–Trinajstić information content (AvgIpc) is 3.35. The van der Waals surface area contributed by atoms with Crippen LogP contribution < -0.4 is 5.32 Å². The molecule has 0 aromatic rings. The zero-order valence-corrected chi connectivity index (χ0v) is 18.3. The van der Waals surface area contributed by atoms with Gasteiger partial charge in [0.2, 0.25) is 0 Å². The van der Waals surface area contributed by atoms with Gasteiger partial charge in [-0.05, 0) is 65.0 Å². The lowest BCUT2D eigenvalue weighted by molar-refractivity contribution is -0.00270. The van der Waals surface area contributed by atoms with Crippen molar-refractivity contribution in [2.45, 2.75) is 57.0 Å². The van der Waals surface area contributed by atoms with Crippen LogP contribution in [0.5, 0.6) is 0 Å². The lowest BCUT2D eigenvalue weighted by Gasteiger charge is -2.43. The summed E-state index contributed by atoms with van der Waals surface area (Å²) < 4.78 is 5.62. The number of hydrogen-bond acceptors (Lipinski definition) is 4. The van der Waals surface area contributed by atoms with Crippen LogP contribution in [0.15, 0.2) is 4.99 Å². The number of hydrogen-bond donors (Lipinski definition) is 1. The van der Waals surface area contributed by atoms with E-state index in [0.29, 0.717) is 0 Å². The maximum Gasteiger partial charge on any atom is 0.194 e. The summed E-state index contributed by atoms with van der Waals surface area (Å²) in [5.41, 5.74) is 0.143. The molecule has 2 bridgehead atoms. The molecule has 2 aliphatic heterocycles. The van der Waals surface area contributed by atoms with Gasteiger partial charge in [-0.3, -0.25) is 9.89 Å². The van der Waals surface area contributed by atoms with E-state index in [-0.39, 0.29) is 5.54 Å². The highest BCUT2D eigenvalue weighted by Gasteiger charge is 2.43. The number of likely N-dealkylation sites (N-methyl/N-ethyl adjacent to an activating group) is 1. The molecule has 2 aliphatic carbocycles. The van der Waals surface area contributed by atoms with Gasteiger partial charge in [-0.15, -0.1) is 0 Å². The predicted octanol–water partition coefficient (Wildman–Crippen LogP) is 1.87. The van der Waals surface area contributed by atoms with Crippen molar-refractivity contribution in [1.82, 2.24) is 20.0 Å². The molecule has 160 valence electrons. The van der Waals surface area contributed by atoms with E-state index in [9.17, 15) is 0 Å². The molecule has 0 radical (unpaired) electrons. The standard InChI is InChI=1S/C22H41N5O/c1-4-23-21(24-17-22(25(2)3)7-13-28-14-8-22)27-11-9-26(10-12-27)20-16-18-5-6-19(20)15-18/h18-20H,4-17H2,1-3H3,(H,23,24). The lowest BCUT2D eigenvalue weighted by atomic mass is 9.89. The van der Waals surface area contributed by atoms with E-state index >= 15 is 0 Å². The van der Waals surface area contributed by atoms with Gasteiger partial charge in [0.15, 0.2) is 5.96 Å². The van der Waals surface area contributed by atoms with Gasteiger partial charge in [0.1, 0.15) is 0 Å². The lowest BCUT2D eigenvalue weighted by Crippen LogP contribution is -2.56. The van der Waals surface area contributed by atoms with Crippen molar-refractivity contribution in [2.24, 2.45) is 16.8 Å². The monoisotopic (exact) mass is 391 g/mol. The second-order valence-corrected chi connectivity index (χ2v) is 9.67. The Hall–Kier alpha value is -0.850. The molecule has 0 aromatic carbocycles. The van der Waals surface area contributed by atoms with Crippen molar-refractivity contribution < 1.29 is 4.74 Å². The zero-order chi connectivity index (χ0) is 19.6. The third-order valence-electron chi connectivity index (χ3n) is 8.01. The highest BCUT2D eigenvalue weighted by molar-refractivity contribution is 5.80. The Morgan fingerprint density at radius 2 is 1.86 bits per heavy atom. The number of ether oxygens (including phenoxy) is 1. The summed E-state index contributed by atoms with van der Waals surface area (Å²) in [7, 11) is 4.39. The molecule has 4 rings (SSSR count). The molecule has 4 fully saturated rings. The summed E-state index contributed by atoms with van der Waals surface area (Å²) in [6.07, 6.45) is 8.09. The molecule has 28 heavy (non-hydrogen) atoms. The van der Waals surface area contributed by atoms with Crippen molar-refractivity contribution in [1.29, 1.82) is 0 Å². The van der Waals surface area contributed by atoms with Gasteiger partial charge in [0.25, 0.3) is 0 Å². The van der Waals surface area contributed by atoms with Crippen LogP contribution in [-0.4, -0.2) is 98.8 Å². The smallest absolute Gasteiger partial charge is 0.194 e. The molecule has 1 N–H and O–H groups in total. The van der Waals surface area contributed by atoms with Crippen LogP contribution in [0.4, 0.5) is 0 Å². The van der Waals surface area contributed by atoms with Crippen LogP contribution in [0, 0.1) is 11.8 Å². The number of nitrogens with one attached hydrogen (secondary N) is 1. The highest BCUT2D eigenvalue weighted by Crippen LogP contribution is 2.46. The van der Waals surface area contributed by atoms with Gasteiger partial charge < -0.3 is 19.9 Å². The second-order valence-electron chi connectivity index (χ2n) is 9.67. The fourth-order valence-electron chi connectivity index (χ4n) is 6.07. The van der Waals surface area contributed by atoms with Crippen LogP contribution in [0.3, 0.4) is 0 Å². The number of piperazine rings is 1. The Morgan fingerprint density at radius 1 is 1.11 bits per heavy atom. The first kappa shape index (κ1) is 20.4. The predicted molar refractivity (Wildman–Crippen MR) is 115 cm³/mol. The van der Waals surface area contributed by atoms with E-state index in [4.69, 9.17) is 9.73 Å². The van der Waals surface area contributed by atoms with E-state index in [1.165, 1.54) is 38.8 Å². The van der Waals surface area contributed by atoms with Gasteiger partial charge >= 0.3 is 0 Å². The average molecular weight is 392 g/mol. The number of fused-ring (bicyclic) bond motifs is 2. The molecule has 2 heterocycles. The normalized spacial score (nSPS) is 33.6. The first-order valence-electron chi connectivity index (χ1n) is 11.6. The fraction of sp³-hybridized carbons (Fsp3) is 0.955. The van der Waals surface area contributed by atoms with Crippen LogP contribution in [-0.2, 0) is 4.74 Å². The van der Waals surface area contributed by atoms with Crippen molar-refractivity contribution in [3.05, 3.63) is 0 Å². The van der Waals surface area contributed by atoms with E-state index in [1.807, 2.05) is 0 Å². The van der Waals surface area contributed by atoms with E-state index in [2.05, 4.69) is 41.0 Å². The Balaban J connectivity index is 1.36. The summed E-state index contributed by atoms with van der Waals surface area (Å²) in [5, 5.41) is 3.57. The maximum absolute atomic E-state index is 5.62. The SMILES string of the molecule is CCNC(=NCC1(N(C)C)CCOCC1)N1CCN(C2CC3CCC2C3)CC1. The van der Waals surface area contributed by atoms with Gasteiger partial charge in [0.05, 0.1) is 6.54 Å². The minimum Gasteiger partial charge on any atom is -0.381 e. The van der Waals surface area contributed by atoms with E-state index in [1.54, 1.807) is 0 Å². The molecule has 0 spiro atoms. The van der Waals surface area contributed by atoms with Crippen LogP contribution in [0.2, 0.25) is 0 Å². The summed E-state index contributed by atoms with van der Waals surface area (Å²) >= 11 is 0. The summed E-state index contributed by atoms with van der Waals surface area (Å²) in [5.74, 6) is 3.14. The Morgan fingerprint density at radius 3 is 2.43 bits per heavy atom. The summed E-state index contributed by atoms with van der Waals surface area (Å²) in [4.78, 5) is 12.8. The second kappa shape index (κ2) is 8.88. The molecule has 6 heteroatoms. The number of nitrogens with zero attached hydrogens (tertiary/aromatic N) is 4. The molecule has 2 saturated carbocycles. The Labute approximate surface area is 171 Å². The third-order valence-corrected chi connectivity index (χ3v) is 8.01. The Bertz CT molecular complexity index is 537. The van der Waals surface area contributed by atoms with Crippen molar-refractivity contribution in [3.8, 4) is 0 Å². The first-order valence-corrected chi connectivity index (χ1v) is 11.6. The van der Waals surface area contributed by atoms with E-state index < -0.39 is 0 Å². The first-order chi connectivity index (χ1) is 13.6. The molecule has 6 nitrogen and oxygen atoms in total.